The van der Waals surface area contributed by atoms with Gasteiger partial charge in [-0.05, 0) is 40.6 Å². The fourth-order valence-corrected chi connectivity index (χ4v) is 5.61. The van der Waals surface area contributed by atoms with Crippen LogP contribution < -0.4 is 5.56 Å². The molecule has 0 aliphatic rings. The van der Waals surface area contributed by atoms with E-state index in [1.807, 2.05) is 40.1 Å². The number of rotatable bonds is 6. The maximum atomic E-state index is 13.2. The number of aromatic nitrogens is 4. The minimum Gasteiger partial charge on any atom is -0.271 e. The highest BCUT2D eigenvalue weighted by atomic mass is 35.5. The lowest BCUT2D eigenvalue weighted by Crippen LogP contribution is -2.23. The zero-order valence-electron chi connectivity index (χ0n) is 16.8. The Morgan fingerprint density at radius 1 is 1.03 bits per heavy atom. The third-order valence-corrected chi connectivity index (χ3v) is 7.51. The predicted octanol–water partition coefficient (Wildman–Crippen LogP) is 5.66. The van der Waals surface area contributed by atoms with Gasteiger partial charge in [0.15, 0.2) is 5.16 Å². The van der Waals surface area contributed by atoms with E-state index in [9.17, 15) is 4.79 Å². The molecule has 31 heavy (non-hydrogen) atoms. The van der Waals surface area contributed by atoms with E-state index in [2.05, 4.69) is 41.4 Å². The summed E-state index contributed by atoms with van der Waals surface area (Å²) in [5.74, 6) is 1.22. The number of aryl methyl sites for hydroxylation is 1. The molecule has 0 radical (unpaired) electrons. The summed E-state index contributed by atoms with van der Waals surface area (Å²) in [6.45, 7) is 2.58. The minimum atomic E-state index is -0.0351. The molecule has 5 aromatic rings. The number of hydrogen-bond donors (Lipinski definition) is 0. The quantitative estimate of drug-likeness (QED) is 0.303. The summed E-state index contributed by atoms with van der Waals surface area (Å²) in [7, 11) is 0. The Bertz CT molecular complexity index is 1440. The fraction of sp³-hybridized carbons (Fsp3) is 0.174. The third kappa shape index (κ3) is 3.78. The Labute approximate surface area is 192 Å². The SMILES string of the molecule is CCc1ccc(Cn2c(=O)c3sccc3n3c(SCc4ccccc4Cl)nnc23)cc1. The van der Waals surface area contributed by atoms with E-state index in [0.717, 1.165) is 33.2 Å². The lowest BCUT2D eigenvalue weighted by atomic mass is 10.1. The molecule has 3 heterocycles. The van der Waals surface area contributed by atoms with Crippen LogP contribution in [0.4, 0.5) is 0 Å². The Morgan fingerprint density at radius 3 is 2.58 bits per heavy atom. The molecule has 0 aliphatic carbocycles. The van der Waals surface area contributed by atoms with Crippen molar-refractivity contribution in [3.8, 4) is 0 Å². The topological polar surface area (TPSA) is 52.2 Å². The smallest absolute Gasteiger partial charge is 0.271 e. The predicted molar refractivity (Wildman–Crippen MR) is 129 cm³/mol. The largest absolute Gasteiger partial charge is 0.273 e. The highest BCUT2D eigenvalue weighted by Crippen LogP contribution is 2.28. The van der Waals surface area contributed by atoms with Gasteiger partial charge in [0.05, 0.1) is 12.1 Å². The molecular weight excluding hydrogens is 448 g/mol. The average molecular weight is 467 g/mol. The summed E-state index contributed by atoms with van der Waals surface area (Å²) in [5.41, 5.74) is 4.18. The van der Waals surface area contributed by atoms with Crippen LogP contribution in [0.1, 0.15) is 23.6 Å². The highest BCUT2D eigenvalue weighted by Gasteiger charge is 2.18. The summed E-state index contributed by atoms with van der Waals surface area (Å²) >= 11 is 9.33. The van der Waals surface area contributed by atoms with Crippen LogP contribution in [-0.2, 0) is 18.7 Å². The van der Waals surface area contributed by atoms with Crippen molar-refractivity contribution in [3.63, 3.8) is 0 Å². The second-order valence-corrected chi connectivity index (χ2v) is 9.46. The second kappa shape index (κ2) is 8.49. The Hall–Kier alpha value is -2.61. The molecule has 5 nitrogen and oxygen atoms in total. The van der Waals surface area contributed by atoms with Crippen molar-refractivity contribution < 1.29 is 0 Å². The number of thioether (sulfide) groups is 1. The number of nitrogens with zero attached hydrogens (tertiary/aromatic N) is 4. The molecule has 0 amide bonds. The van der Waals surface area contributed by atoms with Gasteiger partial charge in [0.2, 0.25) is 5.78 Å². The number of benzene rings is 2. The first-order valence-electron chi connectivity index (χ1n) is 9.95. The Kier molecular flexibility index (Phi) is 5.56. The lowest BCUT2D eigenvalue weighted by molar-refractivity contribution is 0.765. The van der Waals surface area contributed by atoms with Crippen LogP contribution in [0.25, 0.3) is 16.0 Å². The van der Waals surface area contributed by atoms with Crippen LogP contribution in [0.2, 0.25) is 5.02 Å². The Balaban J connectivity index is 1.58. The van der Waals surface area contributed by atoms with Crippen molar-refractivity contribution in [2.24, 2.45) is 0 Å². The van der Waals surface area contributed by atoms with Crippen molar-refractivity contribution >= 4 is 50.7 Å². The first-order valence-corrected chi connectivity index (χ1v) is 12.2. The summed E-state index contributed by atoms with van der Waals surface area (Å²) in [6, 6.07) is 18.1. The van der Waals surface area contributed by atoms with Crippen LogP contribution in [0.15, 0.2) is 69.9 Å². The standard InChI is InChI=1S/C23H19ClN4OS2/c1-2-15-7-9-16(10-8-15)13-27-21(29)20-19(11-12-30-20)28-22(27)25-26-23(28)31-14-17-5-3-4-6-18(17)24/h3-12H,2,13-14H2,1H3. The van der Waals surface area contributed by atoms with Crippen LogP contribution >= 0.6 is 34.7 Å². The molecule has 0 saturated carbocycles. The fourth-order valence-electron chi connectivity index (χ4n) is 3.56. The molecule has 0 N–H and O–H groups in total. The molecule has 8 heteroatoms. The molecule has 0 fully saturated rings. The minimum absolute atomic E-state index is 0.0351. The van der Waals surface area contributed by atoms with Crippen molar-refractivity contribution in [2.75, 3.05) is 0 Å². The number of halogens is 1. The van der Waals surface area contributed by atoms with E-state index in [1.165, 1.54) is 16.9 Å². The zero-order valence-corrected chi connectivity index (χ0v) is 19.2. The molecule has 156 valence electrons. The van der Waals surface area contributed by atoms with E-state index in [0.29, 0.717) is 22.8 Å². The van der Waals surface area contributed by atoms with Gasteiger partial charge in [0, 0.05) is 10.8 Å². The van der Waals surface area contributed by atoms with Crippen LogP contribution in [-0.4, -0.2) is 19.2 Å². The average Bonchev–Trinajstić information content (AvgIpc) is 3.44. The molecule has 0 unspecified atom stereocenters. The van der Waals surface area contributed by atoms with Gasteiger partial charge < -0.3 is 0 Å². The Morgan fingerprint density at radius 2 is 1.81 bits per heavy atom. The lowest BCUT2D eigenvalue weighted by Gasteiger charge is -2.10. The summed E-state index contributed by atoms with van der Waals surface area (Å²) in [5, 5.41) is 12.2. The van der Waals surface area contributed by atoms with Crippen LogP contribution in [0.3, 0.4) is 0 Å². The molecule has 0 atom stereocenters. The van der Waals surface area contributed by atoms with E-state index in [4.69, 9.17) is 11.6 Å². The van der Waals surface area contributed by atoms with Crippen molar-refractivity contribution in [1.29, 1.82) is 0 Å². The van der Waals surface area contributed by atoms with E-state index >= 15 is 0 Å². The first-order chi connectivity index (χ1) is 15.2. The normalized spacial score (nSPS) is 11.5. The zero-order chi connectivity index (χ0) is 21.4. The number of thiophene rings is 1. The van der Waals surface area contributed by atoms with Crippen molar-refractivity contribution in [2.45, 2.75) is 30.8 Å². The van der Waals surface area contributed by atoms with Gasteiger partial charge in [-0.2, -0.15) is 0 Å². The van der Waals surface area contributed by atoms with E-state index in [1.54, 1.807) is 16.3 Å². The van der Waals surface area contributed by atoms with Gasteiger partial charge in [-0.3, -0.25) is 13.8 Å². The van der Waals surface area contributed by atoms with Crippen molar-refractivity contribution in [1.82, 2.24) is 19.2 Å². The summed E-state index contributed by atoms with van der Waals surface area (Å²) < 4.78 is 4.40. The van der Waals surface area contributed by atoms with Crippen LogP contribution in [0.5, 0.6) is 0 Å². The van der Waals surface area contributed by atoms with Gasteiger partial charge in [-0.1, -0.05) is 72.8 Å². The maximum Gasteiger partial charge on any atom is 0.273 e. The molecule has 0 aliphatic heterocycles. The highest BCUT2D eigenvalue weighted by molar-refractivity contribution is 7.98. The van der Waals surface area contributed by atoms with Gasteiger partial charge >= 0.3 is 0 Å². The van der Waals surface area contributed by atoms with Gasteiger partial charge in [0.1, 0.15) is 4.70 Å². The van der Waals surface area contributed by atoms with Crippen LogP contribution in [0, 0.1) is 0 Å². The molecule has 0 bridgehead atoms. The monoisotopic (exact) mass is 466 g/mol. The van der Waals surface area contributed by atoms with E-state index in [-0.39, 0.29) is 5.56 Å². The van der Waals surface area contributed by atoms with E-state index < -0.39 is 0 Å². The second-order valence-electron chi connectivity index (χ2n) is 7.19. The summed E-state index contributed by atoms with van der Waals surface area (Å²) in [6.07, 6.45) is 0.988. The maximum absolute atomic E-state index is 13.2. The third-order valence-electron chi connectivity index (χ3n) is 5.27. The van der Waals surface area contributed by atoms with Gasteiger partial charge in [-0.25, -0.2) is 0 Å². The molecule has 0 saturated heterocycles. The summed E-state index contributed by atoms with van der Waals surface area (Å²) in [4.78, 5) is 13.2. The molecule has 3 aromatic heterocycles. The molecular formula is C23H19ClN4OS2. The van der Waals surface area contributed by atoms with Gasteiger partial charge in [-0.15, -0.1) is 21.5 Å². The van der Waals surface area contributed by atoms with Gasteiger partial charge in [0.25, 0.3) is 5.56 Å². The first kappa shape index (κ1) is 20.3. The number of hydrogen-bond acceptors (Lipinski definition) is 5. The number of fused-ring (bicyclic) bond motifs is 3. The van der Waals surface area contributed by atoms with Crippen molar-refractivity contribution in [3.05, 3.63) is 92.0 Å². The molecule has 0 spiro atoms. The molecule has 5 rings (SSSR count). The molecule has 2 aromatic carbocycles.